The second-order valence-corrected chi connectivity index (χ2v) is 6.11. The second kappa shape index (κ2) is 7.81. The van der Waals surface area contributed by atoms with Crippen LogP contribution in [0.5, 0.6) is 0 Å². The van der Waals surface area contributed by atoms with Crippen molar-refractivity contribution >= 4 is 17.6 Å². The van der Waals surface area contributed by atoms with E-state index < -0.39 is 11.9 Å². The van der Waals surface area contributed by atoms with Gasteiger partial charge in [-0.05, 0) is 38.5 Å². The predicted molar refractivity (Wildman–Crippen MR) is 97.8 cm³/mol. The van der Waals surface area contributed by atoms with E-state index in [0.717, 1.165) is 16.8 Å². The van der Waals surface area contributed by atoms with Crippen LogP contribution in [0.15, 0.2) is 30.5 Å². The molecule has 27 heavy (non-hydrogen) atoms. The fraction of sp³-hybridized carbons (Fsp3) is 0.278. The molecule has 2 aromatic heterocycles. The highest BCUT2D eigenvalue weighted by Gasteiger charge is 2.12. The number of hydrogen-bond acceptors (Lipinski definition) is 6. The Balaban J connectivity index is 1.59. The van der Waals surface area contributed by atoms with Crippen molar-refractivity contribution < 1.29 is 14.3 Å². The van der Waals surface area contributed by atoms with Crippen molar-refractivity contribution in [3.63, 3.8) is 0 Å². The molecule has 1 aromatic carbocycles. The van der Waals surface area contributed by atoms with E-state index in [1.807, 2.05) is 32.9 Å². The molecule has 0 aliphatic carbocycles. The van der Waals surface area contributed by atoms with Gasteiger partial charge in [-0.15, -0.1) is 0 Å². The first-order chi connectivity index (χ1) is 12.9. The number of aromatic nitrogens is 5. The van der Waals surface area contributed by atoms with Crippen LogP contribution >= 0.6 is 0 Å². The lowest BCUT2D eigenvalue weighted by atomic mass is 10.1. The average Bonchev–Trinajstić information content (AvgIpc) is 3.24. The number of rotatable bonds is 6. The van der Waals surface area contributed by atoms with E-state index in [4.69, 9.17) is 4.74 Å². The van der Waals surface area contributed by atoms with Crippen LogP contribution in [0.1, 0.15) is 17.1 Å². The molecule has 0 atom stereocenters. The van der Waals surface area contributed by atoms with Gasteiger partial charge < -0.3 is 10.1 Å². The van der Waals surface area contributed by atoms with Crippen molar-refractivity contribution in [3.05, 3.63) is 47.5 Å². The third kappa shape index (κ3) is 4.57. The first kappa shape index (κ1) is 18.3. The molecule has 3 rings (SSSR count). The van der Waals surface area contributed by atoms with Crippen LogP contribution < -0.4 is 5.32 Å². The number of nitrogens with one attached hydrogen (secondary N) is 2. The smallest absolute Gasteiger partial charge is 0.328 e. The number of aryl methyl sites for hydroxylation is 3. The van der Waals surface area contributed by atoms with Crippen LogP contribution in [0.3, 0.4) is 0 Å². The molecule has 3 aromatic rings. The fourth-order valence-corrected chi connectivity index (χ4v) is 2.43. The number of hydrogen-bond donors (Lipinski definition) is 2. The highest BCUT2D eigenvalue weighted by atomic mass is 16.5. The Morgan fingerprint density at radius 1 is 1.22 bits per heavy atom. The van der Waals surface area contributed by atoms with Crippen LogP contribution in [-0.4, -0.2) is 43.4 Å². The Hall–Kier alpha value is -3.49. The largest absolute Gasteiger partial charge is 0.454 e. The summed E-state index contributed by atoms with van der Waals surface area (Å²) in [5.74, 6) is 0.296. The molecule has 0 fully saturated rings. The summed E-state index contributed by atoms with van der Waals surface area (Å²) in [6.45, 7) is 5.10. The molecular weight excluding hydrogens is 348 g/mol. The molecule has 0 unspecified atom stereocenters. The molecule has 0 aliphatic heterocycles. The maximum atomic E-state index is 12.1. The lowest BCUT2D eigenvalue weighted by Crippen LogP contribution is -2.23. The zero-order valence-electron chi connectivity index (χ0n) is 15.3. The van der Waals surface area contributed by atoms with Gasteiger partial charge in [0.15, 0.2) is 12.4 Å². The van der Waals surface area contributed by atoms with Crippen molar-refractivity contribution in [1.29, 1.82) is 0 Å². The van der Waals surface area contributed by atoms with Gasteiger partial charge in [-0.3, -0.25) is 19.4 Å². The van der Waals surface area contributed by atoms with Crippen LogP contribution in [0.2, 0.25) is 0 Å². The topological polar surface area (TPSA) is 115 Å². The molecule has 0 spiro atoms. The van der Waals surface area contributed by atoms with Crippen molar-refractivity contribution in [3.8, 4) is 11.4 Å². The third-order valence-electron chi connectivity index (χ3n) is 3.94. The van der Waals surface area contributed by atoms with Crippen molar-refractivity contribution in [2.45, 2.75) is 27.3 Å². The summed E-state index contributed by atoms with van der Waals surface area (Å²) in [5, 5.41) is 13.6. The van der Waals surface area contributed by atoms with E-state index in [9.17, 15) is 9.59 Å². The van der Waals surface area contributed by atoms with Gasteiger partial charge >= 0.3 is 5.97 Å². The zero-order valence-corrected chi connectivity index (χ0v) is 15.3. The van der Waals surface area contributed by atoms with Gasteiger partial charge in [0, 0.05) is 23.1 Å². The van der Waals surface area contributed by atoms with Crippen LogP contribution in [0.4, 0.5) is 5.69 Å². The Kier molecular flexibility index (Phi) is 5.30. The maximum Gasteiger partial charge on any atom is 0.328 e. The van der Waals surface area contributed by atoms with Crippen LogP contribution in [-0.2, 0) is 20.9 Å². The number of amides is 1. The fourth-order valence-electron chi connectivity index (χ4n) is 2.43. The maximum absolute atomic E-state index is 12.1. The van der Waals surface area contributed by atoms with E-state index in [0.29, 0.717) is 17.3 Å². The summed E-state index contributed by atoms with van der Waals surface area (Å²) in [5.41, 5.74) is 3.09. The molecule has 0 bridgehead atoms. The minimum Gasteiger partial charge on any atom is -0.454 e. The SMILES string of the molecule is Cc1nc(-c2ccc(C)c(NC(=O)COC(=O)Cn3nccc3C)c2)n[nH]1. The number of anilines is 1. The van der Waals surface area contributed by atoms with Gasteiger partial charge in [-0.25, -0.2) is 4.98 Å². The number of aromatic amines is 1. The van der Waals surface area contributed by atoms with Gasteiger partial charge in [0.05, 0.1) is 0 Å². The first-order valence-corrected chi connectivity index (χ1v) is 8.36. The molecule has 9 nitrogen and oxygen atoms in total. The molecule has 1 amide bonds. The number of benzene rings is 1. The highest BCUT2D eigenvalue weighted by molar-refractivity contribution is 5.94. The Bertz CT molecular complexity index is 975. The summed E-state index contributed by atoms with van der Waals surface area (Å²) in [7, 11) is 0. The van der Waals surface area contributed by atoms with E-state index in [1.54, 1.807) is 18.3 Å². The number of carbonyl (C=O) groups is 2. The summed E-state index contributed by atoms with van der Waals surface area (Å²) < 4.78 is 6.53. The van der Waals surface area contributed by atoms with Crippen molar-refractivity contribution in [2.75, 3.05) is 11.9 Å². The quantitative estimate of drug-likeness (QED) is 0.641. The molecule has 140 valence electrons. The third-order valence-corrected chi connectivity index (χ3v) is 3.94. The minimum atomic E-state index is -0.529. The van der Waals surface area contributed by atoms with Crippen LogP contribution in [0.25, 0.3) is 11.4 Å². The van der Waals surface area contributed by atoms with E-state index in [-0.39, 0.29) is 13.2 Å². The van der Waals surface area contributed by atoms with E-state index in [1.165, 1.54) is 4.68 Å². The lowest BCUT2D eigenvalue weighted by molar-refractivity contribution is -0.148. The molecule has 0 radical (unpaired) electrons. The van der Waals surface area contributed by atoms with Gasteiger partial charge in [0.25, 0.3) is 5.91 Å². The van der Waals surface area contributed by atoms with Gasteiger partial charge in [-0.1, -0.05) is 12.1 Å². The Morgan fingerprint density at radius 3 is 2.70 bits per heavy atom. The second-order valence-electron chi connectivity index (χ2n) is 6.11. The minimum absolute atomic E-state index is 0.0369. The Morgan fingerprint density at radius 2 is 2.04 bits per heavy atom. The summed E-state index contributed by atoms with van der Waals surface area (Å²) >= 11 is 0. The molecule has 2 heterocycles. The van der Waals surface area contributed by atoms with Gasteiger partial charge in [0.2, 0.25) is 0 Å². The molecule has 9 heteroatoms. The number of esters is 1. The molecule has 0 saturated heterocycles. The molecule has 0 aliphatic rings. The van der Waals surface area contributed by atoms with Gasteiger partial charge in [-0.2, -0.15) is 10.2 Å². The Labute approximate surface area is 155 Å². The summed E-state index contributed by atoms with van der Waals surface area (Å²) in [4.78, 5) is 28.3. The van der Waals surface area contributed by atoms with E-state index >= 15 is 0 Å². The normalized spacial score (nSPS) is 10.6. The number of ether oxygens (including phenoxy) is 1. The van der Waals surface area contributed by atoms with Crippen molar-refractivity contribution in [2.24, 2.45) is 0 Å². The first-order valence-electron chi connectivity index (χ1n) is 8.36. The van der Waals surface area contributed by atoms with E-state index in [2.05, 4.69) is 25.6 Å². The zero-order chi connectivity index (χ0) is 19.4. The number of nitrogens with zero attached hydrogens (tertiary/aromatic N) is 4. The standard InChI is InChI=1S/C18H20N6O3/c1-11-4-5-14(18-20-13(3)22-23-18)8-15(11)21-16(25)10-27-17(26)9-24-12(2)6-7-19-24/h4-8H,9-10H2,1-3H3,(H,21,25)(H,20,22,23). The monoisotopic (exact) mass is 368 g/mol. The van der Waals surface area contributed by atoms with Gasteiger partial charge in [0.1, 0.15) is 12.4 Å². The summed E-state index contributed by atoms with van der Waals surface area (Å²) in [6, 6.07) is 7.30. The molecule has 0 saturated carbocycles. The van der Waals surface area contributed by atoms with Crippen molar-refractivity contribution in [1.82, 2.24) is 25.0 Å². The highest BCUT2D eigenvalue weighted by Crippen LogP contribution is 2.23. The molecular formula is C18H20N6O3. The van der Waals surface area contributed by atoms with Crippen LogP contribution in [0, 0.1) is 20.8 Å². The lowest BCUT2D eigenvalue weighted by Gasteiger charge is -2.10. The predicted octanol–water partition coefficient (Wildman–Crippen LogP) is 1.78. The average molecular weight is 368 g/mol. The number of H-pyrrole nitrogens is 1. The number of carbonyl (C=O) groups excluding carboxylic acids is 2. The molecule has 2 N–H and O–H groups in total. The summed E-state index contributed by atoms with van der Waals surface area (Å²) in [6.07, 6.45) is 1.60.